The molecule has 0 aromatic carbocycles. The molecular weight excluding hydrogens is 190 g/mol. The quantitative estimate of drug-likeness (QED) is 0.462. The SMILES string of the molecule is CC=O.CCCN(CCC)CCCOC. The van der Waals surface area contributed by atoms with E-state index >= 15 is 0 Å². The van der Waals surface area contributed by atoms with E-state index in [1.807, 2.05) is 0 Å². The average Bonchev–Trinajstić information content (AvgIpc) is 2.20. The maximum Gasteiger partial charge on any atom is 0.116 e. The molecule has 15 heavy (non-hydrogen) atoms. The van der Waals surface area contributed by atoms with Crippen LogP contribution in [0, 0.1) is 0 Å². The van der Waals surface area contributed by atoms with Crippen LogP contribution < -0.4 is 0 Å². The Hall–Kier alpha value is -0.410. The minimum Gasteiger partial charge on any atom is -0.385 e. The maximum absolute atomic E-state index is 8.81. The van der Waals surface area contributed by atoms with Gasteiger partial charge in [-0.15, -0.1) is 0 Å². The summed E-state index contributed by atoms with van der Waals surface area (Å²) in [6, 6.07) is 0. The molecule has 3 heteroatoms. The highest BCUT2D eigenvalue weighted by Gasteiger charge is 2.00. The van der Waals surface area contributed by atoms with Crippen molar-refractivity contribution in [2.75, 3.05) is 33.4 Å². The third-order valence-electron chi connectivity index (χ3n) is 1.90. The lowest BCUT2D eigenvalue weighted by Gasteiger charge is -2.20. The highest BCUT2D eigenvalue weighted by atomic mass is 16.5. The van der Waals surface area contributed by atoms with Crippen molar-refractivity contribution in [3.05, 3.63) is 0 Å². The van der Waals surface area contributed by atoms with Crippen molar-refractivity contribution in [1.29, 1.82) is 0 Å². The molecule has 0 aliphatic carbocycles. The molecule has 0 saturated carbocycles. The fourth-order valence-electron chi connectivity index (χ4n) is 1.40. The number of ether oxygens (including phenoxy) is 1. The topological polar surface area (TPSA) is 29.5 Å². The number of methoxy groups -OCH3 is 1. The van der Waals surface area contributed by atoms with Gasteiger partial charge in [-0.3, -0.25) is 0 Å². The molecule has 3 nitrogen and oxygen atoms in total. The van der Waals surface area contributed by atoms with Crippen molar-refractivity contribution < 1.29 is 9.53 Å². The molecule has 0 unspecified atom stereocenters. The molecule has 0 heterocycles. The smallest absolute Gasteiger partial charge is 0.116 e. The van der Waals surface area contributed by atoms with E-state index in [4.69, 9.17) is 9.53 Å². The van der Waals surface area contributed by atoms with Crippen LogP contribution in [-0.4, -0.2) is 44.5 Å². The van der Waals surface area contributed by atoms with Gasteiger partial charge in [-0.2, -0.15) is 0 Å². The highest BCUT2D eigenvalue weighted by Crippen LogP contribution is 1.95. The van der Waals surface area contributed by atoms with Crippen molar-refractivity contribution >= 4 is 6.29 Å². The van der Waals surface area contributed by atoms with Crippen LogP contribution in [0.1, 0.15) is 40.0 Å². The summed E-state index contributed by atoms with van der Waals surface area (Å²) in [7, 11) is 1.77. The van der Waals surface area contributed by atoms with Gasteiger partial charge in [-0.1, -0.05) is 13.8 Å². The Bertz CT molecular complexity index is 112. The van der Waals surface area contributed by atoms with Crippen LogP contribution in [-0.2, 0) is 9.53 Å². The largest absolute Gasteiger partial charge is 0.385 e. The van der Waals surface area contributed by atoms with Gasteiger partial charge in [-0.05, 0) is 39.3 Å². The Morgan fingerprint density at radius 3 is 1.93 bits per heavy atom. The predicted octanol–water partition coefficient (Wildman–Crippen LogP) is 2.35. The Morgan fingerprint density at radius 1 is 1.13 bits per heavy atom. The number of carbonyl (C=O) groups excluding carboxylic acids is 1. The Morgan fingerprint density at radius 2 is 1.60 bits per heavy atom. The maximum atomic E-state index is 8.81. The molecule has 0 aliphatic heterocycles. The van der Waals surface area contributed by atoms with Crippen LogP contribution in [0.25, 0.3) is 0 Å². The molecule has 0 fully saturated rings. The van der Waals surface area contributed by atoms with Crippen molar-refractivity contribution in [2.24, 2.45) is 0 Å². The zero-order valence-electron chi connectivity index (χ0n) is 10.8. The lowest BCUT2D eigenvalue weighted by atomic mass is 10.3. The zero-order valence-corrected chi connectivity index (χ0v) is 10.8. The van der Waals surface area contributed by atoms with Crippen LogP contribution >= 0.6 is 0 Å². The number of hydrogen-bond donors (Lipinski definition) is 0. The van der Waals surface area contributed by atoms with Gasteiger partial charge >= 0.3 is 0 Å². The summed E-state index contributed by atoms with van der Waals surface area (Å²) in [5, 5.41) is 0. The second-order valence-electron chi connectivity index (χ2n) is 3.42. The Kier molecular flexibility index (Phi) is 18.2. The van der Waals surface area contributed by atoms with Gasteiger partial charge < -0.3 is 14.4 Å². The third kappa shape index (κ3) is 16.3. The zero-order chi connectivity index (χ0) is 11.9. The van der Waals surface area contributed by atoms with E-state index in [2.05, 4.69) is 18.7 Å². The van der Waals surface area contributed by atoms with Gasteiger partial charge in [0.05, 0.1) is 0 Å². The lowest BCUT2D eigenvalue weighted by Crippen LogP contribution is -2.27. The summed E-state index contributed by atoms with van der Waals surface area (Å²) >= 11 is 0. The first kappa shape index (κ1) is 17.0. The molecule has 0 amide bonds. The molecule has 0 radical (unpaired) electrons. The predicted molar refractivity (Wildman–Crippen MR) is 65.3 cm³/mol. The summed E-state index contributed by atoms with van der Waals surface area (Å²) < 4.78 is 5.02. The Labute approximate surface area is 94.8 Å². The number of carbonyl (C=O) groups is 1. The van der Waals surface area contributed by atoms with E-state index in [0.29, 0.717) is 0 Å². The fourth-order valence-corrected chi connectivity index (χ4v) is 1.40. The first-order valence-corrected chi connectivity index (χ1v) is 5.87. The van der Waals surface area contributed by atoms with Crippen molar-refractivity contribution in [2.45, 2.75) is 40.0 Å². The van der Waals surface area contributed by atoms with E-state index < -0.39 is 0 Å². The van der Waals surface area contributed by atoms with E-state index in [1.165, 1.54) is 39.4 Å². The third-order valence-corrected chi connectivity index (χ3v) is 1.90. The first-order chi connectivity index (χ1) is 7.26. The van der Waals surface area contributed by atoms with Crippen molar-refractivity contribution in [1.82, 2.24) is 4.90 Å². The molecule has 0 aromatic heterocycles. The van der Waals surface area contributed by atoms with E-state index in [-0.39, 0.29) is 0 Å². The molecular formula is C12H27NO2. The van der Waals surface area contributed by atoms with Gasteiger partial charge in [0.1, 0.15) is 6.29 Å². The number of aldehydes is 1. The molecule has 0 aromatic rings. The fraction of sp³-hybridized carbons (Fsp3) is 0.917. The van der Waals surface area contributed by atoms with Crippen molar-refractivity contribution in [3.63, 3.8) is 0 Å². The summed E-state index contributed by atoms with van der Waals surface area (Å²) in [4.78, 5) is 11.3. The second-order valence-corrected chi connectivity index (χ2v) is 3.42. The normalized spacial score (nSPS) is 9.67. The second kappa shape index (κ2) is 16.0. The number of rotatable bonds is 8. The van der Waals surface area contributed by atoms with E-state index in [1.54, 1.807) is 7.11 Å². The molecule has 0 spiro atoms. The molecule has 92 valence electrons. The summed E-state index contributed by atoms with van der Waals surface area (Å²) in [6.07, 6.45) is 4.43. The lowest BCUT2D eigenvalue weighted by molar-refractivity contribution is -0.106. The Balaban J connectivity index is 0. The van der Waals surface area contributed by atoms with Gasteiger partial charge in [0, 0.05) is 20.3 Å². The average molecular weight is 217 g/mol. The summed E-state index contributed by atoms with van der Waals surface area (Å²) in [5.74, 6) is 0. The minimum absolute atomic E-state index is 0.750. The van der Waals surface area contributed by atoms with Gasteiger partial charge in [-0.25, -0.2) is 0 Å². The van der Waals surface area contributed by atoms with E-state index in [0.717, 1.165) is 19.3 Å². The highest BCUT2D eigenvalue weighted by molar-refractivity contribution is 5.44. The molecule has 0 saturated heterocycles. The standard InChI is InChI=1S/C10H23NO.C2H4O/c1-4-7-11(8-5-2)9-6-10-12-3;1-2-3/h4-10H2,1-3H3;2H,1H3. The van der Waals surface area contributed by atoms with E-state index in [9.17, 15) is 0 Å². The monoisotopic (exact) mass is 217 g/mol. The van der Waals surface area contributed by atoms with Crippen LogP contribution in [0.4, 0.5) is 0 Å². The van der Waals surface area contributed by atoms with Crippen LogP contribution in [0.3, 0.4) is 0 Å². The summed E-state index contributed by atoms with van der Waals surface area (Å²) in [5.41, 5.74) is 0. The van der Waals surface area contributed by atoms with Crippen LogP contribution in [0.2, 0.25) is 0 Å². The number of hydrogen-bond acceptors (Lipinski definition) is 3. The molecule has 0 bridgehead atoms. The number of nitrogens with zero attached hydrogens (tertiary/aromatic N) is 1. The van der Waals surface area contributed by atoms with Crippen LogP contribution in [0.15, 0.2) is 0 Å². The van der Waals surface area contributed by atoms with Gasteiger partial charge in [0.15, 0.2) is 0 Å². The molecule has 0 atom stereocenters. The summed E-state index contributed by atoms with van der Waals surface area (Å²) in [6.45, 7) is 10.5. The molecule has 0 rings (SSSR count). The molecule has 0 N–H and O–H groups in total. The van der Waals surface area contributed by atoms with Gasteiger partial charge in [0.25, 0.3) is 0 Å². The van der Waals surface area contributed by atoms with Crippen LogP contribution in [0.5, 0.6) is 0 Å². The van der Waals surface area contributed by atoms with Crippen molar-refractivity contribution in [3.8, 4) is 0 Å². The first-order valence-electron chi connectivity index (χ1n) is 5.87. The van der Waals surface area contributed by atoms with Gasteiger partial charge in [0.2, 0.25) is 0 Å². The minimum atomic E-state index is 0.750. The molecule has 0 aliphatic rings.